The molecule has 7 rings (SSSR count). The number of carbonyl (C=O) groups excluding carboxylic acids is 3. The Bertz CT molecular complexity index is 2120. The first-order valence-corrected chi connectivity index (χ1v) is 21.0. The summed E-state index contributed by atoms with van der Waals surface area (Å²) < 4.78 is 78.7. The van der Waals surface area contributed by atoms with Crippen molar-refractivity contribution < 1.29 is 40.7 Å². The Morgan fingerprint density at radius 1 is 1.00 bits per heavy atom. The number of amides is 3. The molecule has 1 unspecified atom stereocenters. The molecule has 3 amide bonds. The van der Waals surface area contributed by atoms with Crippen LogP contribution in [0.4, 0.5) is 13.2 Å². The Labute approximate surface area is 331 Å². The van der Waals surface area contributed by atoms with Gasteiger partial charge in [0.15, 0.2) is 0 Å². The van der Waals surface area contributed by atoms with Gasteiger partial charge in [-0.2, -0.15) is 17.8 Å². The second-order valence-corrected chi connectivity index (χ2v) is 19.2. The maximum atomic E-state index is 14.4. The fourth-order valence-electron chi connectivity index (χ4n) is 8.78. The van der Waals surface area contributed by atoms with Gasteiger partial charge in [-0.3, -0.25) is 19.1 Å². The van der Waals surface area contributed by atoms with Crippen LogP contribution >= 0.6 is 0 Å². The molecule has 12 nitrogen and oxygen atoms in total. The lowest BCUT2D eigenvalue weighted by molar-refractivity contribution is -0.148. The van der Waals surface area contributed by atoms with Crippen molar-refractivity contribution in [3.05, 3.63) is 88.5 Å². The van der Waals surface area contributed by atoms with Gasteiger partial charge in [-0.15, -0.1) is 0 Å². The van der Waals surface area contributed by atoms with Crippen molar-refractivity contribution in [3.63, 3.8) is 0 Å². The van der Waals surface area contributed by atoms with Gasteiger partial charge in [-0.05, 0) is 65.8 Å². The van der Waals surface area contributed by atoms with E-state index in [1.165, 1.54) is 32.4 Å². The number of benzene rings is 2. The van der Waals surface area contributed by atoms with Crippen LogP contribution in [0.1, 0.15) is 95.7 Å². The van der Waals surface area contributed by atoms with Gasteiger partial charge in [0, 0.05) is 82.1 Å². The van der Waals surface area contributed by atoms with Crippen LogP contribution < -0.4 is 4.72 Å². The van der Waals surface area contributed by atoms with Crippen molar-refractivity contribution in [2.75, 3.05) is 46.9 Å². The van der Waals surface area contributed by atoms with Crippen molar-refractivity contribution in [3.8, 4) is 0 Å². The molecule has 1 aromatic heterocycles. The molecular weight excluding hydrogens is 762 g/mol. The van der Waals surface area contributed by atoms with Gasteiger partial charge in [-0.25, -0.2) is 17.9 Å². The largest absolute Gasteiger partial charge is 0.376 e. The van der Waals surface area contributed by atoms with E-state index in [0.717, 1.165) is 16.3 Å². The van der Waals surface area contributed by atoms with Crippen LogP contribution in [-0.4, -0.2) is 103 Å². The predicted octanol–water partition coefficient (Wildman–Crippen LogP) is 5.45. The zero-order chi connectivity index (χ0) is 40.9. The number of nitrogens with one attached hydrogen (secondary N) is 1. The van der Waals surface area contributed by atoms with E-state index in [1.54, 1.807) is 46.1 Å². The summed E-state index contributed by atoms with van der Waals surface area (Å²) in [5, 5.41) is 4.37. The van der Waals surface area contributed by atoms with E-state index in [2.05, 4.69) is 23.7 Å². The van der Waals surface area contributed by atoms with Crippen molar-refractivity contribution in [1.82, 2.24) is 28.6 Å². The van der Waals surface area contributed by atoms with Crippen molar-refractivity contribution >= 4 is 27.9 Å². The summed E-state index contributed by atoms with van der Waals surface area (Å²) in [6.45, 7) is 6.33. The molecule has 16 heteroatoms. The average Bonchev–Trinajstić information content (AvgIpc) is 3.41. The Hall–Kier alpha value is -4.28. The first-order valence-electron chi connectivity index (χ1n) is 19.5. The smallest absolute Gasteiger partial charge is 0.303 e. The van der Waals surface area contributed by atoms with E-state index in [1.807, 2.05) is 4.90 Å². The Kier molecular flexibility index (Phi) is 11.1. The molecule has 3 aromatic rings. The van der Waals surface area contributed by atoms with E-state index in [9.17, 15) is 36.0 Å². The Balaban J connectivity index is 1.09. The van der Waals surface area contributed by atoms with E-state index in [4.69, 9.17) is 4.74 Å². The van der Waals surface area contributed by atoms with E-state index in [0.29, 0.717) is 55.8 Å². The highest BCUT2D eigenvalue weighted by molar-refractivity contribution is 7.87. The van der Waals surface area contributed by atoms with E-state index >= 15 is 0 Å². The fourth-order valence-corrected chi connectivity index (χ4v) is 9.29. The first-order chi connectivity index (χ1) is 26.9. The summed E-state index contributed by atoms with van der Waals surface area (Å²) in [7, 11) is -1.58. The molecule has 2 saturated carbocycles. The van der Waals surface area contributed by atoms with Crippen LogP contribution in [0.25, 0.3) is 0 Å². The van der Waals surface area contributed by atoms with Crippen LogP contribution in [0, 0.1) is 28.5 Å². The third-order valence-corrected chi connectivity index (χ3v) is 13.9. The second kappa shape index (κ2) is 15.5. The number of likely N-dealkylation sites (tertiary alicyclic amines) is 2. The van der Waals surface area contributed by atoms with Gasteiger partial charge in [0.2, 0.25) is 11.8 Å². The molecule has 0 radical (unpaired) electrons. The minimum atomic E-state index is -4.17. The normalized spacial score (nSPS) is 23.6. The van der Waals surface area contributed by atoms with Crippen molar-refractivity contribution in [1.29, 1.82) is 0 Å². The summed E-state index contributed by atoms with van der Waals surface area (Å²) in [4.78, 5) is 44.7. The van der Waals surface area contributed by atoms with E-state index in [-0.39, 0.29) is 85.3 Å². The summed E-state index contributed by atoms with van der Waals surface area (Å²) in [5.74, 6) is -4.68. The number of ether oxygens (including phenoxy) is 1. The maximum Gasteiger partial charge on any atom is 0.303 e. The lowest BCUT2D eigenvalue weighted by Crippen LogP contribution is -2.63. The van der Waals surface area contributed by atoms with Crippen LogP contribution in [0.2, 0.25) is 0 Å². The number of halogens is 3. The lowest BCUT2D eigenvalue weighted by atomic mass is 9.71. The molecule has 1 N–H and O–H groups in total. The molecule has 4 fully saturated rings. The van der Waals surface area contributed by atoms with Gasteiger partial charge in [-0.1, -0.05) is 44.2 Å². The summed E-state index contributed by atoms with van der Waals surface area (Å²) in [6.07, 6.45) is 4.27. The standard InChI is InChI=1S/C41H51F3N6O6S/c1-39(2)17-34(39)38(53)49-25-40(26-49)24-48(37(52)30-18-45-50(20-30)19-27-10-12-32(42)13-11-27)21-31(40)23-56-22-29-7-5-9-33(28-8-6-15-41(43,44)16-14-28)35(29)36(51)46-57(54,55)47(3)4/h5,7,9-13,18,20,28,31,34H,6,8,14-17,19,21-26H2,1-4H3,(H,46,51)/t28?,31-,34+/m0/s1. The number of alkyl halides is 2. The number of nitrogens with zero attached hydrogens (tertiary/aromatic N) is 5. The van der Waals surface area contributed by atoms with Gasteiger partial charge < -0.3 is 14.5 Å². The van der Waals surface area contributed by atoms with Gasteiger partial charge in [0.1, 0.15) is 5.82 Å². The Morgan fingerprint density at radius 3 is 2.39 bits per heavy atom. The van der Waals surface area contributed by atoms with Crippen molar-refractivity contribution in [2.45, 2.75) is 77.4 Å². The monoisotopic (exact) mass is 812 g/mol. The van der Waals surface area contributed by atoms with Gasteiger partial charge >= 0.3 is 10.2 Å². The van der Waals surface area contributed by atoms with Crippen LogP contribution in [-0.2, 0) is 32.9 Å². The van der Waals surface area contributed by atoms with Gasteiger partial charge in [0.05, 0.1) is 31.5 Å². The van der Waals surface area contributed by atoms with E-state index < -0.39 is 27.5 Å². The molecule has 2 aromatic carbocycles. The molecule has 4 aliphatic rings. The first kappa shape index (κ1) is 40.9. The topological polar surface area (TPSA) is 134 Å². The minimum Gasteiger partial charge on any atom is -0.376 e. The fraction of sp³-hybridized carbons (Fsp3) is 0.561. The lowest BCUT2D eigenvalue weighted by Gasteiger charge is -2.51. The molecular formula is C41H51F3N6O6S. The predicted molar refractivity (Wildman–Crippen MR) is 205 cm³/mol. The third-order valence-electron chi connectivity index (χ3n) is 12.5. The third kappa shape index (κ3) is 8.77. The SMILES string of the molecule is CN(C)S(=O)(=O)NC(=O)c1c(COC[C@@H]2CN(C(=O)c3cnn(Cc4ccc(F)cc4)c3)CC23CN(C(=O)[C@H]2CC2(C)C)C3)cccc1C1CCCC(F)(F)CC1. The molecule has 308 valence electrons. The highest BCUT2D eigenvalue weighted by Crippen LogP contribution is 2.54. The minimum absolute atomic E-state index is 0.0246. The summed E-state index contributed by atoms with van der Waals surface area (Å²) in [6, 6.07) is 11.2. The summed E-state index contributed by atoms with van der Waals surface area (Å²) in [5.41, 5.74) is 1.79. The Morgan fingerprint density at radius 2 is 1.70 bits per heavy atom. The molecule has 3 heterocycles. The molecule has 2 aliphatic heterocycles. The maximum absolute atomic E-state index is 14.4. The van der Waals surface area contributed by atoms with Crippen LogP contribution in [0.15, 0.2) is 54.9 Å². The molecule has 2 saturated heterocycles. The number of hydrogen-bond acceptors (Lipinski definition) is 7. The average molecular weight is 813 g/mol. The van der Waals surface area contributed by atoms with Gasteiger partial charge in [0.25, 0.3) is 11.8 Å². The zero-order valence-electron chi connectivity index (χ0n) is 32.8. The molecule has 57 heavy (non-hydrogen) atoms. The number of hydrogen-bond donors (Lipinski definition) is 1. The van der Waals surface area contributed by atoms with Crippen LogP contribution in [0.3, 0.4) is 0 Å². The molecule has 0 bridgehead atoms. The number of carbonyl (C=O) groups is 3. The quantitative estimate of drug-likeness (QED) is 0.241. The molecule has 3 atom stereocenters. The van der Waals surface area contributed by atoms with Crippen molar-refractivity contribution in [2.24, 2.45) is 22.7 Å². The number of aromatic nitrogens is 2. The summed E-state index contributed by atoms with van der Waals surface area (Å²) >= 11 is 0. The number of rotatable bonds is 12. The molecule has 2 aliphatic carbocycles. The van der Waals surface area contributed by atoms with Crippen LogP contribution in [0.5, 0.6) is 0 Å². The zero-order valence-corrected chi connectivity index (χ0v) is 33.7. The highest BCUT2D eigenvalue weighted by Gasteiger charge is 2.60. The highest BCUT2D eigenvalue weighted by atomic mass is 32.2. The second-order valence-electron chi connectivity index (χ2n) is 17.3. The molecule has 1 spiro atoms.